The van der Waals surface area contributed by atoms with Gasteiger partial charge in [-0.05, 0) is 29.9 Å². The van der Waals surface area contributed by atoms with Gasteiger partial charge < -0.3 is 10.6 Å². The number of nitrogens with two attached hydrogens (primary N) is 1. The number of piperazine rings is 1. The van der Waals surface area contributed by atoms with E-state index in [1.165, 1.54) is 11.1 Å². The zero-order valence-electron chi connectivity index (χ0n) is 17.3. The monoisotopic (exact) mass is 386 g/mol. The van der Waals surface area contributed by atoms with Crippen LogP contribution in [0, 0.1) is 5.92 Å². The molecule has 1 aromatic carbocycles. The largest absolute Gasteiger partial charge is 0.369 e. The Morgan fingerprint density at radius 3 is 2.29 bits per heavy atom. The molecule has 2 amide bonds. The topological polar surface area (TPSA) is 69.9 Å². The lowest BCUT2D eigenvalue weighted by Crippen LogP contribution is -2.51. The van der Waals surface area contributed by atoms with Crippen molar-refractivity contribution in [3.05, 3.63) is 35.4 Å². The number of carbonyl (C=O) groups excluding carboxylic acids is 2. The Hall–Kier alpha value is -1.92. The third-order valence-corrected chi connectivity index (χ3v) is 6.05. The maximum Gasteiger partial charge on any atom is 0.236 e. The quantitative estimate of drug-likeness (QED) is 0.807. The number of hydrogen-bond acceptors (Lipinski definition) is 4. The van der Waals surface area contributed by atoms with Gasteiger partial charge in [-0.2, -0.15) is 0 Å². The van der Waals surface area contributed by atoms with Crippen molar-refractivity contribution in [1.82, 2.24) is 14.7 Å². The van der Waals surface area contributed by atoms with E-state index in [0.29, 0.717) is 19.0 Å². The van der Waals surface area contributed by atoms with Crippen LogP contribution < -0.4 is 5.73 Å². The molecule has 2 fully saturated rings. The lowest BCUT2D eigenvalue weighted by Gasteiger charge is -2.37. The van der Waals surface area contributed by atoms with E-state index in [9.17, 15) is 9.59 Å². The minimum absolute atomic E-state index is 0.128. The number of nitrogens with zero attached hydrogens (tertiary/aromatic N) is 3. The van der Waals surface area contributed by atoms with Gasteiger partial charge in [-0.15, -0.1) is 0 Å². The minimum Gasteiger partial charge on any atom is -0.369 e. The molecule has 0 radical (unpaired) electrons. The summed E-state index contributed by atoms with van der Waals surface area (Å²) >= 11 is 0. The molecule has 0 aromatic heterocycles. The van der Waals surface area contributed by atoms with E-state index < -0.39 is 0 Å². The molecule has 6 nitrogen and oxygen atoms in total. The van der Waals surface area contributed by atoms with Crippen LogP contribution in [0.4, 0.5) is 0 Å². The summed E-state index contributed by atoms with van der Waals surface area (Å²) in [5.74, 6) is 0.223. The van der Waals surface area contributed by atoms with E-state index in [1.807, 2.05) is 4.90 Å². The zero-order chi connectivity index (χ0) is 20.1. The number of hydrogen-bond donors (Lipinski definition) is 1. The van der Waals surface area contributed by atoms with Crippen LogP contribution in [0.25, 0.3) is 0 Å². The molecule has 2 N–H and O–H groups in total. The summed E-state index contributed by atoms with van der Waals surface area (Å²) < 4.78 is 0. The average molecular weight is 387 g/mol. The van der Waals surface area contributed by atoms with Crippen LogP contribution in [0.2, 0.25) is 0 Å². The molecular formula is C22H34N4O2. The van der Waals surface area contributed by atoms with Crippen LogP contribution in [0.1, 0.15) is 43.7 Å². The minimum atomic E-state index is -0.285. The lowest BCUT2D eigenvalue weighted by atomic mass is 9.97. The fourth-order valence-electron chi connectivity index (χ4n) is 4.10. The predicted molar refractivity (Wildman–Crippen MR) is 111 cm³/mol. The van der Waals surface area contributed by atoms with E-state index in [-0.39, 0.29) is 17.7 Å². The number of carbonyl (C=O) groups is 2. The number of piperidine rings is 1. The van der Waals surface area contributed by atoms with Gasteiger partial charge in [-0.3, -0.25) is 19.4 Å². The molecule has 2 aliphatic heterocycles. The van der Waals surface area contributed by atoms with Gasteiger partial charge in [-0.25, -0.2) is 0 Å². The van der Waals surface area contributed by atoms with Gasteiger partial charge >= 0.3 is 0 Å². The van der Waals surface area contributed by atoms with Gasteiger partial charge in [0.15, 0.2) is 0 Å². The Morgan fingerprint density at radius 2 is 1.68 bits per heavy atom. The average Bonchev–Trinajstić information content (AvgIpc) is 2.70. The maximum atomic E-state index is 12.6. The van der Waals surface area contributed by atoms with Crippen LogP contribution in [0.3, 0.4) is 0 Å². The van der Waals surface area contributed by atoms with Crippen molar-refractivity contribution < 1.29 is 9.59 Å². The maximum absolute atomic E-state index is 12.6. The highest BCUT2D eigenvalue weighted by Crippen LogP contribution is 2.18. The number of likely N-dealkylation sites (tertiary alicyclic amines) is 1. The molecule has 0 spiro atoms. The summed E-state index contributed by atoms with van der Waals surface area (Å²) in [5.41, 5.74) is 8.15. The Labute approximate surface area is 168 Å². The predicted octanol–water partition coefficient (Wildman–Crippen LogP) is 1.65. The second kappa shape index (κ2) is 9.52. The van der Waals surface area contributed by atoms with E-state index in [4.69, 9.17) is 5.73 Å². The number of benzene rings is 1. The molecule has 2 heterocycles. The molecule has 1 unspecified atom stereocenters. The first-order valence-electron chi connectivity index (χ1n) is 10.5. The Balaban J connectivity index is 1.42. The number of amides is 2. The third kappa shape index (κ3) is 5.55. The summed E-state index contributed by atoms with van der Waals surface area (Å²) in [6.07, 6.45) is 1.67. The molecule has 2 aliphatic rings. The van der Waals surface area contributed by atoms with Crippen LogP contribution in [-0.4, -0.2) is 72.3 Å². The second-order valence-electron chi connectivity index (χ2n) is 8.53. The standard InChI is InChI=1S/C22H34N4O2/c1-17(2)19-7-5-18(6-8-19)14-24-10-12-25(13-11-24)16-21(27)26-9-3-4-20(15-26)22(23)28/h5-8,17,20H,3-4,9-16H2,1-2H3,(H2,23,28). The van der Waals surface area contributed by atoms with E-state index >= 15 is 0 Å². The lowest BCUT2D eigenvalue weighted by molar-refractivity contribution is -0.136. The molecule has 1 aromatic rings. The highest BCUT2D eigenvalue weighted by Gasteiger charge is 2.28. The molecule has 3 rings (SSSR count). The highest BCUT2D eigenvalue weighted by molar-refractivity contribution is 5.81. The van der Waals surface area contributed by atoms with E-state index in [2.05, 4.69) is 47.9 Å². The van der Waals surface area contributed by atoms with Crippen molar-refractivity contribution in [2.24, 2.45) is 11.7 Å². The summed E-state index contributed by atoms with van der Waals surface area (Å²) in [5, 5.41) is 0. The first kappa shape index (κ1) is 20.8. The van der Waals surface area contributed by atoms with Crippen LogP contribution in [0.5, 0.6) is 0 Å². The molecule has 2 saturated heterocycles. The van der Waals surface area contributed by atoms with Crippen molar-refractivity contribution in [3.8, 4) is 0 Å². The normalized spacial score (nSPS) is 21.8. The summed E-state index contributed by atoms with van der Waals surface area (Å²) in [6, 6.07) is 8.92. The smallest absolute Gasteiger partial charge is 0.236 e. The van der Waals surface area contributed by atoms with Crippen LogP contribution in [-0.2, 0) is 16.1 Å². The van der Waals surface area contributed by atoms with Crippen LogP contribution >= 0.6 is 0 Å². The Morgan fingerprint density at radius 1 is 1.04 bits per heavy atom. The SMILES string of the molecule is CC(C)c1ccc(CN2CCN(CC(=O)N3CCCC(C(N)=O)C3)CC2)cc1. The van der Waals surface area contributed by atoms with Gasteiger partial charge in [-0.1, -0.05) is 38.1 Å². The molecule has 6 heteroatoms. The van der Waals surface area contributed by atoms with E-state index in [1.54, 1.807) is 0 Å². The Bertz CT molecular complexity index is 666. The number of rotatable bonds is 6. The first-order chi connectivity index (χ1) is 13.4. The summed E-state index contributed by atoms with van der Waals surface area (Å²) in [7, 11) is 0. The molecular weight excluding hydrogens is 352 g/mol. The van der Waals surface area contributed by atoms with Gasteiger partial charge in [0.05, 0.1) is 12.5 Å². The van der Waals surface area contributed by atoms with Gasteiger partial charge in [0.25, 0.3) is 0 Å². The van der Waals surface area contributed by atoms with Gasteiger partial charge in [0.2, 0.25) is 11.8 Å². The van der Waals surface area contributed by atoms with Gasteiger partial charge in [0.1, 0.15) is 0 Å². The van der Waals surface area contributed by atoms with E-state index in [0.717, 1.165) is 52.1 Å². The van der Waals surface area contributed by atoms with Crippen molar-refractivity contribution in [1.29, 1.82) is 0 Å². The number of primary amides is 1. The molecule has 1 atom stereocenters. The molecule has 0 aliphatic carbocycles. The van der Waals surface area contributed by atoms with Crippen LogP contribution in [0.15, 0.2) is 24.3 Å². The fourth-order valence-corrected chi connectivity index (χ4v) is 4.10. The summed E-state index contributed by atoms with van der Waals surface area (Å²) in [4.78, 5) is 30.5. The molecule has 0 bridgehead atoms. The zero-order valence-corrected chi connectivity index (χ0v) is 17.3. The van der Waals surface area contributed by atoms with Crippen molar-refractivity contribution in [2.75, 3.05) is 45.8 Å². The van der Waals surface area contributed by atoms with Crippen molar-refractivity contribution in [2.45, 2.75) is 39.2 Å². The first-order valence-corrected chi connectivity index (χ1v) is 10.5. The van der Waals surface area contributed by atoms with Crippen molar-refractivity contribution in [3.63, 3.8) is 0 Å². The molecule has 0 saturated carbocycles. The summed E-state index contributed by atoms with van der Waals surface area (Å²) in [6.45, 7) is 10.8. The molecule has 154 valence electrons. The second-order valence-corrected chi connectivity index (χ2v) is 8.53. The molecule has 28 heavy (non-hydrogen) atoms. The van der Waals surface area contributed by atoms with Gasteiger partial charge in [0, 0.05) is 45.8 Å². The highest BCUT2D eigenvalue weighted by atomic mass is 16.2. The van der Waals surface area contributed by atoms with Crippen molar-refractivity contribution >= 4 is 11.8 Å². The third-order valence-electron chi connectivity index (χ3n) is 6.05. The fraction of sp³-hybridized carbons (Fsp3) is 0.636. The Kier molecular flexibility index (Phi) is 7.08.